The fraction of sp³-hybridized carbons (Fsp3) is 0.571. The van der Waals surface area contributed by atoms with Crippen molar-refractivity contribution in [1.29, 1.82) is 0 Å². The van der Waals surface area contributed by atoms with E-state index in [9.17, 15) is 5.11 Å². The SMILES string of the molecule is CCC(C)(C)OCC(O)c1ccccc1C. The molecule has 2 heteroatoms. The highest BCUT2D eigenvalue weighted by molar-refractivity contribution is 5.27. The van der Waals surface area contributed by atoms with Crippen LogP contribution < -0.4 is 0 Å². The van der Waals surface area contributed by atoms with Gasteiger partial charge in [0, 0.05) is 0 Å². The van der Waals surface area contributed by atoms with E-state index in [-0.39, 0.29) is 5.60 Å². The summed E-state index contributed by atoms with van der Waals surface area (Å²) >= 11 is 0. The minimum atomic E-state index is -0.535. The van der Waals surface area contributed by atoms with Crippen LogP contribution in [0.1, 0.15) is 44.4 Å². The van der Waals surface area contributed by atoms with Gasteiger partial charge in [-0.1, -0.05) is 31.2 Å². The minimum absolute atomic E-state index is 0.163. The molecule has 1 aromatic carbocycles. The van der Waals surface area contributed by atoms with Crippen molar-refractivity contribution in [2.75, 3.05) is 6.61 Å². The second-order valence-corrected chi connectivity index (χ2v) is 4.80. The van der Waals surface area contributed by atoms with Crippen LogP contribution in [-0.4, -0.2) is 17.3 Å². The zero-order valence-electron chi connectivity index (χ0n) is 10.7. The molecule has 0 spiro atoms. The van der Waals surface area contributed by atoms with Crippen LogP contribution in [0.25, 0.3) is 0 Å². The minimum Gasteiger partial charge on any atom is -0.386 e. The number of rotatable bonds is 5. The molecule has 0 aromatic heterocycles. The third kappa shape index (κ3) is 3.62. The lowest BCUT2D eigenvalue weighted by molar-refractivity contribution is -0.0619. The van der Waals surface area contributed by atoms with E-state index in [4.69, 9.17) is 4.74 Å². The highest BCUT2D eigenvalue weighted by atomic mass is 16.5. The highest BCUT2D eigenvalue weighted by Gasteiger charge is 2.18. The molecule has 0 radical (unpaired) electrons. The lowest BCUT2D eigenvalue weighted by Crippen LogP contribution is -2.26. The molecule has 0 saturated heterocycles. The summed E-state index contributed by atoms with van der Waals surface area (Å²) in [5, 5.41) is 10.0. The first kappa shape index (κ1) is 13.2. The summed E-state index contributed by atoms with van der Waals surface area (Å²) in [4.78, 5) is 0. The van der Waals surface area contributed by atoms with E-state index in [2.05, 4.69) is 6.92 Å². The first-order chi connectivity index (χ1) is 7.46. The zero-order chi connectivity index (χ0) is 12.2. The van der Waals surface area contributed by atoms with Gasteiger partial charge in [0.05, 0.1) is 12.2 Å². The topological polar surface area (TPSA) is 29.5 Å². The molecular formula is C14H22O2. The smallest absolute Gasteiger partial charge is 0.103 e. The lowest BCUT2D eigenvalue weighted by Gasteiger charge is -2.25. The van der Waals surface area contributed by atoms with Gasteiger partial charge in [-0.25, -0.2) is 0 Å². The summed E-state index contributed by atoms with van der Waals surface area (Å²) in [6.07, 6.45) is 0.403. The van der Waals surface area contributed by atoms with Crippen molar-refractivity contribution in [2.24, 2.45) is 0 Å². The van der Waals surface area contributed by atoms with E-state index in [1.54, 1.807) is 0 Å². The fourth-order valence-electron chi connectivity index (χ4n) is 1.46. The third-order valence-corrected chi connectivity index (χ3v) is 3.03. The summed E-state index contributed by atoms with van der Waals surface area (Å²) in [6.45, 7) is 8.52. The van der Waals surface area contributed by atoms with Gasteiger partial charge in [-0.3, -0.25) is 0 Å². The molecule has 0 aliphatic heterocycles. The Labute approximate surface area is 98.3 Å². The number of aliphatic hydroxyl groups is 1. The quantitative estimate of drug-likeness (QED) is 0.828. The Balaban J connectivity index is 2.60. The van der Waals surface area contributed by atoms with Crippen LogP contribution >= 0.6 is 0 Å². The van der Waals surface area contributed by atoms with Crippen molar-refractivity contribution < 1.29 is 9.84 Å². The standard InChI is InChI=1S/C14H22O2/c1-5-14(3,4)16-10-13(15)12-9-7-6-8-11(12)2/h6-9,13,15H,5,10H2,1-4H3. The normalized spacial score (nSPS) is 13.8. The van der Waals surface area contributed by atoms with Crippen LogP contribution in [0.3, 0.4) is 0 Å². The molecule has 0 saturated carbocycles. The molecule has 0 aliphatic rings. The van der Waals surface area contributed by atoms with E-state index in [0.717, 1.165) is 17.5 Å². The van der Waals surface area contributed by atoms with Crippen LogP contribution in [0.2, 0.25) is 0 Å². The zero-order valence-corrected chi connectivity index (χ0v) is 10.7. The molecule has 1 unspecified atom stereocenters. The van der Waals surface area contributed by atoms with Gasteiger partial charge in [0.1, 0.15) is 6.10 Å². The van der Waals surface area contributed by atoms with Gasteiger partial charge in [0.25, 0.3) is 0 Å². The molecule has 16 heavy (non-hydrogen) atoms. The van der Waals surface area contributed by atoms with Crippen molar-refractivity contribution in [3.05, 3.63) is 35.4 Å². The van der Waals surface area contributed by atoms with Gasteiger partial charge in [-0.2, -0.15) is 0 Å². The van der Waals surface area contributed by atoms with Crippen LogP contribution in [0.5, 0.6) is 0 Å². The Kier molecular flexibility index (Phi) is 4.51. The summed E-state index contributed by atoms with van der Waals surface area (Å²) in [6, 6.07) is 7.87. The molecule has 2 nitrogen and oxygen atoms in total. The number of ether oxygens (including phenoxy) is 1. The molecule has 1 N–H and O–H groups in total. The van der Waals surface area contributed by atoms with Crippen molar-refractivity contribution in [2.45, 2.75) is 45.8 Å². The number of hydrogen-bond acceptors (Lipinski definition) is 2. The average molecular weight is 222 g/mol. The molecule has 0 amide bonds. The summed E-state index contributed by atoms with van der Waals surface area (Å²) in [7, 11) is 0. The van der Waals surface area contributed by atoms with E-state index in [1.165, 1.54) is 0 Å². The van der Waals surface area contributed by atoms with Crippen LogP contribution in [0.15, 0.2) is 24.3 Å². The van der Waals surface area contributed by atoms with Crippen molar-refractivity contribution in [1.82, 2.24) is 0 Å². The van der Waals surface area contributed by atoms with Gasteiger partial charge < -0.3 is 9.84 Å². The first-order valence-electron chi connectivity index (χ1n) is 5.84. The Morgan fingerprint density at radius 2 is 1.94 bits per heavy atom. The Morgan fingerprint density at radius 1 is 1.31 bits per heavy atom. The second kappa shape index (κ2) is 5.46. The largest absolute Gasteiger partial charge is 0.386 e. The summed E-state index contributed by atoms with van der Waals surface area (Å²) in [5.74, 6) is 0. The van der Waals surface area contributed by atoms with E-state index in [1.807, 2.05) is 45.0 Å². The monoisotopic (exact) mass is 222 g/mol. The first-order valence-corrected chi connectivity index (χ1v) is 5.84. The molecule has 0 heterocycles. The predicted octanol–water partition coefficient (Wildman–Crippen LogP) is 3.23. The molecule has 0 bridgehead atoms. The third-order valence-electron chi connectivity index (χ3n) is 3.03. The van der Waals surface area contributed by atoms with E-state index >= 15 is 0 Å². The summed E-state index contributed by atoms with van der Waals surface area (Å²) in [5.41, 5.74) is 1.89. The summed E-state index contributed by atoms with van der Waals surface area (Å²) < 4.78 is 5.70. The second-order valence-electron chi connectivity index (χ2n) is 4.80. The van der Waals surface area contributed by atoms with E-state index < -0.39 is 6.10 Å². The molecule has 0 aliphatic carbocycles. The Hall–Kier alpha value is -0.860. The highest BCUT2D eigenvalue weighted by Crippen LogP contribution is 2.21. The van der Waals surface area contributed by atoms with Gasteiger partial charge in [-0.15, -0.1) is 0 Å². The maximum Gasteiger partial charge on any atom is 0.103 e. The molecule has 0 fully saturated rings. The Bertz CT molecular complexity index is 331. The maximum absolute atomic E-state index is 10.0. The molecule has 1 rings (SSSR count). The van der Waals surface area contributed by atoms with Gasteiger partial charge in [0.15, 0.2) is 0 Å². The molecule has 1 atom stereocenters. The Morgan fingerprint density at radius 3 is 2.50 bits per heavy atom. The molecular weight excluding hydrogens is 200 g/mol. The van der Waals surface area contributed by atoms with Crippen molar-refractivity contribution in [3.63, 3.8) is 0 Å². The van der Waals surface area contributed by atoms with Gasteiger partial charge >= 0.3 is 0 Å². The van der Waals surface area contributed by atoms with Gasteiger partial charge in [0.2, 0.25) is 0 Å². The fourth-order valence-corrected chi connectivity index (χ4v) is 1.46. The molecule has 1 aromatic rings. The number of hydrogen-bond donors (Lipinski definition) is 1. The van der Waals surface area contributed by atoms with Crippen LogP contribution in [0, 0.1) is 6.92 Å². The van der Waals surface area contributed by atoms with Crippen molar-refractivity contribution >= 4 is 0 Å². The molecule has 90 valence electrons. The van der Waals surface area contributed by atoms with Crippen LogP contribution in [0.4, 0.5) is 0 Å². The predicted molar refractivity (Wildman–Crippen MR) is 66.5 cm³/mol. The van der Waals surface area contributed by atoms with Crippen LogP contribution in [-0.2, 0) is 4.74 Å². The van der Waals surface area contributed by atoms with Crippen molar-refractivity contribution in [3.8, 4) is 0 Å². The van der Waals surface area contributed by atoms with Gasteiger partial charge in [-0.05, 0) is 38.3 Å². The van der Waals surface area contributed by atoms with E-state index in [0.29, 0.717) is 6.61 Å². The number of aryl methyl sites for hydroxylation is 1. The number of aliphatic hydroxyl groups excluding tert-OH is 1. The lowest BCUT2D eigenvalue weighted by atomic mass is 10.0. The average Bonchev–Trinajstić information content (AvgIpc) is 2.27. The number of benzene rings is 1. The maximum atomic E-state index is 10.0.